The molecule has 0 saturated heterocycles. The average molecular weight is 266 g/mol. The van der Waals surface area contributed by atoms with Crippen molar-refractivity contribution >= 4 is 17.0 Å². The van der Waals surface area contributed by atoms with Crippen LogP contribution < -0.4 is 4.74 Å². The van der Waals surface area contributed by atoms with Crippen molar-refractivity contribution in [2.24, 2.45) is 0 Å². The molecule has 4 heteroatoms. The van der Waals surface area contributed by atoms with E-state index in [0.29, 0.717) is 5.75 Å². The molecule has 0 aliphatic rings. The standard InChI is InChI=1S/C16H14N2O2/c1-11-17-15-5-3-4-6-16(15)18(11)13-7-9-14(10-8-13)20-12(2)19/h3-10H,1-2H3. The maximum absolute atomic E-state index is 10.9. The second-order valence-corrected chi connectivity index (χ2v) is 4.57. The maximum Gasteiger partial charge on any atom is 0.308 e. The van der Waals surface area contributed by atoms with Gasteiger partial charge in [0.2, 0.25) is 0 Å². The van der Waals surface area contributed by atoms with Crippen molar-refractivity contribution in [2.75, 3.05) is 0 Å². The Morgan fingerprint density at radius 3 is 2.50 bits per heavy atom. The van der Waals surface area contributed by atoms with Crippen molar-refractivity contribution < 1.29 is 9.53 Å². The third-order valence-electron chi connectivity index (χ3n) is 3.08. The minimum Gasteiger partial charge on any atom is -0.427 e. The maximum atomic E-state index is 10.9. The van der Waals surface area contributed by atoms with Gasteiger partial charge in [0, 0.05) is 12.6 Å². The highest BCUT2D eigenvalue weighted by Crippen LogP contribution is 2.22. The van der Waals surface area contributed by atoms with E-state index in [4.69, 9.17) is 4.74 Å². The van der Waals surface area contributed by atoms with E-state index in [-0.39, 0.29) is 5.97 Å². The highest BCUT2D eigenvalue weighted by Gasteiger charge is 2.08. The molecule has 3 aromatic rings. The SMILES string of the molecule is CC(=O)Oc1ccc(-n2c(C)nc3ccccc32)cc1. The van der Waals surface area contributed by atoms with Crippen LogP contribution in [-0.2, 0) is 4.79 Å². The lowest BCUT2D eigenvalue weighted by atomic mass is 10.2. The number of esters is 1. The molecule has 20 heavy (non-hydrogen) atoms. The third kappa shape index (κ3) is 2.16. The summed E-state index contributed by atoms with van der Waals surface area (Å²) in [5, 5.41) is 0. The minimum absolute atomic E-state index is 0.318. The largest absolute Gasteiger partial charge is 0.427 e. The summed E-state index contributed by atoms with van der Waals surface area (Å²) >= 11 is 0. The van der Waals surface area contributed by atoms with Crippen molar-refractivity contribution in [1.82, 2.24) is 9.55 Å². The van der Waals surface area contributed by atoms with E-state index >= 15 is 0 Å². The number of hydrogen-bond donors (Lipinski definition) is 0. The number of para-hydroxylation sites is 2. The van der Waals surface area contributed by atoms with Gasteiger partial charge in [0.15, 0.2) is 0 Å². The monoisotopic (exact) mass is 266 g/mol. The van der Waals surface area contributed by atoms with E-state index in [0.717, 1.165) is 22.5 Å². The summed E-state index contributed by atoms with van der Waals surface area (Å²) in [5.74, 6) is 1.15. The lowest BCUT2D eigenvalue weighted by Gasteiger charge is -2.08. The molecule has 4 nitrogen and oxygen atoms in total. The van der Waals surface area contributed by atoms with Crippen molar-refractivity contribution in [3.63, 3.8) is 0 Å². The van der Waals surface area contributed by atoms with Gasteiger partial charge >= 0.3 is 5.97 Å². The molecular formula is C16H14N2O2. The fourth-order valence-electron chi connectivity index (χ4n) is 2.30. The number of benzene rings is 2. The average Bonchev–Trinajstić information content (AvgIpc) is 2.75. The predicted molar refractivity (Wildman–Crippen MR) is 77.1 cm³/mol. The van der Waals surface area contributed by atoms with Crippen LogP contribution in [0.4, 0.5) is 0 Å². The molecule has 0 aliphatic carbocycles. The second kappa shape index (κ2) is 4.81. The first-order chi connectivity index (χ1) is 9.65. The summed E-state index contributed by atoms with van der Waals surface area (Å²) in [7, 11) is 0. The number of hydrogen-bond acceptors (Lipinski definition) is 3. The number of aryl methyl sites for hydroxylation is 1. The third-order valence-corrected chi connectivity index (χ3v) is 3.08. The number of imidazole rings is 1. The molecule has 0 N–H and O–H groups in total. The van der Waals surface area contributed by atoms with Gasteiger partial charge in [-0.15, -0.1) is 0 Å². The first-order valence-corrected chi connectivity index (χ1v) is 6.38. The van der Waals surface area contributed by atoms with E-state index in [1.54, 1.807) is 12.1 Å². The Hall–Kier alpha value is -2.62. The number of aromatic nitrogens is 2. The Labute approximate surface area is 116 Å². The molecule has 1 heterocycles. The van der Waals surface area contributed by atoms with E-state index < -0.39 is 0 Å². The number of carbonyl (C=O) groups is 1. The van der Waals surface area contributed by atoms with Crippen molar-refractivity contribution in [3.05, 3.63) is 54.4 Å². The Morgan fingerprint density at radius 2 is 1.80 bits per heavy atom. The van der Waals surface area contributed by atoms with Gasteiger partial charge in [0.25, 0.3) is 0 Å². The number of rotatable bonds is 2. The quantitative estimate of drug-likeness (QED) is 0.528. The van der Waals surface area contributed by atoms with Gasteiger partial charge in [-0.1, -0.05) is 12.1 Å². The molecule has 0 spiro atoms. The van der Waals surface area contributed by atoms with E-state index in [9.17, 15) is 4.79 Å². The van der Waals surface area contributed by atoms with Gasteiger partial charge in [-0.25, -0.2) is 4.98 Å². The zero-order chi connectivity index (χ0) is 14.1. The van der Waals surface area contributed by atoms with Gasteiger partial charge in [0.05, 0.1) is 11.0 Å². The Balaban J connectivity index is 2.07. The van der Waals surface area contributed by atoms with Crippen molar-refractivity contribution in [1.29, 1.82) is 0 Å². The topological polar surface area (TPSA) is 44.1 Å². The van der Waals surface area contributed by atoms with Gasteiger partial charge in [-0.3, -0.25) is 9.36 Å². The first-order valence-electron chi connectivity index (χ1n) is 6.38. The Morgan fingerprint density at radius 1 is 1.10 bits per heavy atom. The normalized spacial score (nSPS) is 10.7. The molecule has 0 saturated carbocycles. The van der Waals surface area contributed by atoms with Crippen LogP contribution in [0.3, 0.4) is 0 Å². The zero-order valence-electron chi connectivity index (χ0n) is 11.3. The van der Waals surface area contributed by atoms with Crippen LogP contribution in [0.2, 0.25) is 0 Å². The van der Waals surface area contributed by atoms with E-state index in [2.05, 4.69) is 9.55 Å². The van der Waals surface area contributed by atoms with Crippen molar-refractivity contribution in [2.45, 2.75) is 13.8 Å². The molecule has 0 unspecified atom stereocenters. The van der Waals surface area contributed by atoms with Crippen LogP contribution >= 0.6 is 0 Å². The zero-order valence-corrected chi connectivity index (χ0v) is 11.3. The highest BCUT2D eigenvalue weighted by atomic mass is 16.5. The van der Waals surface area contributed by atoms with E-state index in [1.807, 2.05) is 43.3 Å². The number of nitrogens with zero attached hydrogens (tertiary/aromatic N) is 2. The van der Waals surface area contributed by atoms with Crippen LogP contribution in [0.1, 0.15) is 12.7 Å². The van der Waals surface area contributed by atoms with Gasteiger partial charge in [0.1, 0.15) is 11.6 Å². The van der Waals surface area contributed by atoms with Crippen molar-refractivity contribution in [3.8, 4) is 11.4 Å². The molecule has 0 aliphatic heterocycles. The lowest BCUT2D eigenvalue weighted by molar-refractivity contribution is -0.131. The smallest absolute Gasteiger partial charge is 0.308 e. The fourth-order valence-corrected chi connectivity index (χ4v) is 2.30. The summed E-state index contributed by atoms with van der Waals surface area (Å²) in [6, 6.07) is 15.4. The van der Waals surface area contributed by atoms with Gasteiger partial charge in [-0.2, -0.15) is 0 Å². The molecular weight excluding hydrogens is 252 g/mol. The summed E-state index contributed by atoms with van der Waals surface area (Å²) in [4.78, 5) is 15.5. The first kappa shape index (κ1) is 12.4. The molecule has 0 bridgehead atoms. The summed E-state index contributed by atoms with van der Waals surface area (Å²) in [5.41, 5.74) is 3.02. The predicted octanol–water partition coefficient (Wildman–Crippen LogP) is 3.26. The van der Waals surface area contributed by atoms with Crippen LogP contribution in [0.5, 0.6) is 5.75 Å². The van der Waals surface area contributed by atoms with Crippen LogP contribution in [0, 0.1) is 6.92 Å². The van der Waals surface area contributed by atoms with Crippen LogP contribution in [0.25, 0.3) is 16.7 Å². The Kier molecular flexibility index (Phi) is 2.99. The van der Waals surface area contributed by atoms with Gasteiger partial charge < -0.3 is 4.74 Å². The molecule has 0 atom stereocenters. The molecule has 0 amide bonds. The number of carbonyl (C=O) groups excluding carboxylic acids is 1. The minimum atomic E-state index is -0.318. The van der Waals surface area contributed by atoms with E-state index in [1.165, 1.54) is 6.92 Å². The molecule has 0 fully saturated rings. The van der Waals surface area contributed by atoms with Crippen LogP contribution in [-0.4, -0.2) is 15.5 Å². The number of ether oxygens (including phenoxy) is 1. The molecule has 1 aromatic heterocycles. The lowest BCUT2D eigenvalue weighted by Crippen LogP contribution is -2.02. The number of fused-ring (bicyclic) bond motifs is 1. The Bertz CT molecular complexity index is 773. The molecule has 2 aromatic carbocycles. The summed E-state index contributed by atoms with van der Waals surface area (Å²) < 4.78 is 7.12. The summed E-state index contributed by atoms with van der Waals surface area (Å²) in [6.45, 7) is 3.36. The highest BCUT2D eigenvalue weighted by molar-refractivity contribution is 5.78. The fraction of sp³-hybridized carbons (Fsp3) is 0.125. The summed E-state index contributed by atoms with van der Waals surface area (Å²) in [6.07, 6.45) is 0. The van der Waals surface area contributed by atoms with Crippen LogP contribution in [0.15, 0.2) is 48.5 Å². The second-order valence-electron chi connectivity index (χ2n) is 4.57. The molecule has 0 radical (unpaired) electrons. The molecule has 100 valence electrons. The molecule has 3 rings (SSSR count). The van der Waals surface area contributed by atoms with Gasteiger partial charge in [-0.05, 0) is 43.3 Å².